The SMILES string of the molecule is COC1=Cc2ccc([N+](=O)[O-])cc2C(c2ccc([N+](=O)[O-])cc2)N(c2ccc(OC)cc2)C1. The van der Waals surface area contributed by atoms with Crippen molar-refractivity contribution in [3.8, 4) is 5.75 Å². The summed E-state index contributed by atoms with van der Waals surface area (Å²) in [5, 5.41) is 22.7. The van der Waals surface area contributed by atoms with Gasteiger partial charge in [-0.3, -0.25) is 20.2 Å². The molecular weight excluding hydrogens is 426 g/mol. The van der Waals surface area contributed by atoms with E-state index in [1.807, 2.05) is 35.2 Å². The molecule has 0 aromatic heterocycles. The van der Waals surface area contributed by atoms with E-state index in [2.05, 4.69) is 0 Å². The zero-order chi connectivity index (χ0) is 23.5. The van der Waals surface area contributed by atoms with Crippen LogP contribution in [0, 0.1) is 20.2 Å². The Morgan fingerprint density at radius 3 is 2.06 bits per heavy atom. The fourth-order valence-corrected chi connectivity index (χ4v) is 3.97. The number of benzene rings is 3. The Hall–Kier alpha value is -4.40. The fourth-order valence-electron chi connectivity index (χ4n) is 3.97. The molecule has 1 aliphatic rings. The first kappa shape index (κ1) is 21.8. The maximum absolute atomic E-state index is 11.5. The molecule has 0 radical (unpaired) electrons. The van der Waals surface area contributed by atoms with E-state index >= 15 is 0 Å². The molecule has 33 heavy (non-hydrogen) atoms. The van der Waals surface area contributed by atoms with E-state index in [-0.39, 0.29) is 11.4 Å². The van der Waals surface area contributed by atoms with Crippen LogP contribution in [0.25, 0.3) is 6.08 Å². The van der Waals surface area contributed by atoms with Crippen molar-refractivity contribution in [1.82, 2.24) is 0 Å². The molecule has 9 heteroatoms. The van der Waals surface area contributed by atoms with Crippen LogP contribution in [0.1, 0.15) is 22.7 Å². The van der Waals surface area contributed by atoms with E-state index in [1.165, 1.54) is 18.2 Å². The topological polar surface area (TPSA) is 108 Å². The number of ether oxygens (including phenoxy) is 2. The Kier molecular flexibility index (Phi) is 5.95. The average molecular weight is 447 g/mol. The summed E-state index contributed by atoms with van der Waals surface area (Å²) in [5.41, 5.74) is 2.99. The molecule has 0 amide bonds. The minimum absolute atomic E-state index is 0.0293. The summed E-state index contributed by atoms with van der Waals surface area (Å²) in [6.45, 7) is 0.382. The molecule has 9 nitrogen and oxygen atoms in total. The quantitative estimate of drug-likeness (QED) is 0.382. The largest absolute Gasteiger partial charge is 0.499 e. The molecule has 3 aromatic carbocycles. The van der Waals surface area contributed by atoms with Gasteiger partial charge in [0, 0.05) is 30.0 Å². The maximum Gasteiger partial charge on any atom is 0.269 e. The number of nitrogens with zero attached hydrogens (tertiary/aromatic N) is 3. The molecule has 1 unspecified atom stereocenters. The highest BCUT2D eigenvalue weighted by Crippen LogP contribution is 2.40. The summed E-state index contributed by atoms with van der Waals surface area (Å²) in [7, 11) is 3.16. The van der Waals surface area contributed by atoms with Crippen LogP contribution in [0.3, 0.4) is 0 Å². The molecule has 0 saturated heterocycles. The Labute approximate surface area is 189 Å². The summed E-state index contributed by atoms with van der Waals surface area (Å²) in [5.74, 6) is 1.37. The van der Waals surface area contributed by atoms with Gasteiger partial charge in [-0.25, -0.2) is 0 Å². The van der Waals surface area contributed by atoms with Crippen molar-refractivity contribution < 1.29 is 19.3 Å². The summed E-state index contributed by atoms with van der Waals surface area (Å²) in [4.78, 5) is 23.9. The van der Waals surface area contributed by atoms with Crippen LogP contribution in [-0.4, -0.2) is 30.6 Å². The van der Waals surface area contributed by atoms with Gasteiger partial charge in [0.05, 0.1) is 36.7 Å². The van der Waals surface area contributed by atoms with E-state index < -0.39 is 15.9 Å². The lowest BCUT2D eigenvalue weighted by Gasteiger charge is -2.34. The second-order valence-electron chi connectivity index (χ2n) is 7.46. The highest BCUT2D eigenvalue weighted by atomic mass is 16.6. The normalized spacial score (nSPS) is 15.2. The summed E-state index contributed by atoms with van der Waals surface area (Å²) >= 11 is 0. The van der Waals surface area contributed by atoms with Gasteiger partial charge in [-0.05, 0) is 65.2 Å². The Morgan fingerprint density at radius 2 is 1.48 bits per heavy atom. The van der Waals surface area contributed by atoms with Gasteiger partial charge in [0.1, 0.15) is 11.5 Å². The molecular formula is C24H21N3O6. The third-order valence-corrected chi connectivity index (χ3v) is 5.62. The van der Waals surface area contributed by atoms with E-state index in [9.17, 15) is 20.2 Å². The predicted molar refractivity (Wildman–Crippen MR) is 123 cm³/mol. The van der Waals surface area contributed by atoms with Crippen molar-refractivity contribution in [2.75, 3.05) is 25.7 Å². The lowest BCUT2D eigenvalue weighted by Crippen LogP contribution is -2.31. The van der Waals surface area contributed by atoms with Crippen LogP contribution in [0.2, 0.25) is 0 Å². The summed E-state index contributed by atoms with van der Waals surface area (Å²) < 4.78 is 10.9. The molecule has 1 aliphatic heterocycles. The van der Waals surface area contributed by atoms with Gasteiger partial charge in [0.25, 0.3) is 11.4 Å². The predicted octanol–water partition coefficient (Wildman–Crippen LogP) is 5.11. The zero-order valence-corrected chi connectivity index (χ0v) is 18.0. The first-order valence-corrected chi connectivity index (χ1v) is 10.1. The molecule has 0 fully saturated rings. The highest BCUT2D eigenvalue weighted by Gasteiger charge is 2.30. The van der Waals surface area contributed by atoms with Crippen LogP contribution >= 0.6 is 0 Å². The van der Waals surface area contributed by atoms with E-state index in [0.29, 0.717) is 23.6 Å². The average Bonchev–Trinajstić information content (AvgIpc) is 3.00. The van der Waals surface area contributed by atoms with Gasteiger partial charge < -0.3 is 14.4 Å². The lowest BCUT2D eigenvalue weighted by atomic mass is 9.92. The van der Waals surface area contributed by atoms with Crippen molar-refractivity contribution >= 4 is 23.1 Å². The van der Waals surface area contributed by atoms with Crippen molar-refractivity contribution in [2.24, 2.45) is 0 Å². The second-order valence-corrected chi connectivity index (χ2v) is 7.46. The van der Waals surface area contributed by atoms with Gasteiger partial charge in [-0.15, -0.1) is 0 Å². The third-order valence-electron chi connectivity index (χ3n) is 5.62. The molecule has 1 heterocycles. The highest BCUT2D eigenvalue weighted by molar-refractivity contribution is 5.67. The zero-order valence-electron chi connectivity index (χ0n) is 18.0. The number of nitro benzene ring substituents is 2. The van der Waals surface area contributed by atoms with Gasteiger partial charge in [0.2, 0.25) is 0 Å². The number of fused-ring (bicyclic) bond motifs is 1. The summed E-state index contributed by atoms with van der Waals surface area (Å²) in [6.07, 6.45) is 1.86. The first-order chi connectivity index (χ1) is 15.9. The molecule has 0 N–H and O–H groups in total. The maximum atomic E-state index is 11.5. The standard InChI is InChI=1S/C24H21N3O6/c1-32-21-11-9-18(10-12-21)25-15-22(33-2)13-17-5-8-20(27(30)31)14-23(17)24(25)16-3-6-19(7-4-16)26(28)29/h3-14,24H,15H2,1-2H3. The molecule has 0 saturated carbocycles. The monoisotopic (exact) mass is 447 g/mol. The van der Waals surface area contributed by atoms with E-state index in [4.69, 9.17) is 9.47 Å². The number of anilines is 1. The number of nitro groups is 2. The van der Waals surface area contributed by atoms with Crippen LogP contribution in [-0.2, 0) is 4.74 Å². The molecule has 0 aliphatic carbocycles. The molecule has 4 rings (SSSR count). The van der Waals surface area contributed by atoms with Crippen LogP contribution in [0.15, 0.2) is 72.5 Å². The van der Waals surface area contributed by atoms with Crippen LogP contribution < -0.4 is 9.64 Å². The molecule has 0 spiro atoms. The van der Waals surface area contributed by atoms with E-state index in [1.54, 1.807) is 38.5 Å². The molecule has 0 bridgehead atoms. The van der Waals surface area contributed by atoms with Gasteiger partial charge in [-0.2, -0.15) is 0 Å². The van der Waals surface area contributed by atoms with Crippen molar-refractivity contribution in [3.63, 3.8) is 0 Å². The number of non-ortho nitro benzene ring substituents is 2. The number of rotatable bonds is 6. The number of methoxy groups -OCH3 is 2. The molecule has 168 valence electrons. The Bertz CT molecular complexity index is 1220. The van der Waals surface area contributed by atoms with Gasteiger partial charge in [-0.1, -0.05) is 0 Å². The first-order valence-electron chi connectivity index (χ1n) is 10.1. The van der Waals surface area contributed by atoms with Crippen molar-refractivity contribution in [2.45, 2.75) is 6.04 Å². The van der Waals surface area contributed by atoms with Crippen LogP contribution in [0.4, 0.5) is 17.1 Å². The van der Waals surface area contributed by atoms with Gasteiger partial charge >= 0.3 is 0 Å². The minimum atomic E-state index is -0.460. The van der Waals surface area contributed by atoms with Crippen LogP contribution in [0.5, 0.6) is 5.75 Å². The smallest absolute Gasteiger partial charge is 0.269 e. The number of hydrogen-bond donors (Lipinski definition) is 0. The lowest BCUT2D eigenvalue weighted by molar-refractivity contribution is -0.385. The molecule has 1 atom stereocenters. The minimum Gasteiger partial charge on any atom is -0.499 e. The Balaban J connectivity index is 1.93. The van der Waals surface area contributed by atoms with Crippen molar-refractivity contribution in [3.05, 3.63) is 109 Å². The van der Waals surface area contributed by atoms with E-state index in [0.717, 1.165) is 16.8 Å². The van der Waals surface area contributed by atoms with Crippen molar-refractivity contribution in [1.29, 1.82) is 0 Å². The van der Waals surface area contributed by atoms with Gasteiger partial charge in [0.15, 0.2) is 0 Å². The number of hydrogen-bond acceptors (Lipinski definition) is 7. The summed E-state index contributed by atoms with van der Waals surface area (Å²) in [6, 6.07) is 17.9. The second kappa shape index (κ2) is 8.99. The molecule has 3 aromatic rings. The fraction of sp³-hybridized carbons (Fsp3) is 0.167. The third kappa shape index (κ3) is 4.33. The Morgan fingerprint density at radius 1 is 0.848 bits per heavy atom.